The number of benzene rings is 2. The molecule has 0 radical (unpaired) electrons. The van der Waals surface area contributed by atoms with Crippen molar-refractivity contribution in [2.75, 3.05) is 12.5 Å². The predicted molar refractivity (Wildman–Crippen MR) is 107 cm³/mol. The van der Waals surface area contributed by atoms with Crippen molar-refractivity contribution in [3.8, 4) is 11.5 Å². The number of rotatable bonds is 7. The predicted octanol–water partition coefficient (Wildman–Crippen LogP) is 4.79. The number of nitrogens with one attached hydrogen (secondary N) is 1. The molecule has 0 bridgehead atoms. The maximum atomic E-state index is 5.83. The molecule has 0 spiro atoms. The summed E-state index contributed by atoms with van der Waals surface area (Å²) in [5.41, 5.74) is 6.99. The van der Waals surface area contributed by atoms with Crippen LogP contribution in [0, 0.1) is 13.8 Å². The van der Waals surface area contributed by atoms with Gasteiger partial charge in [-0.2, -0.15) is 5.10 Å². The summed E-state index contributed by atoms with van der Waals surface area (Å²) in [7, 11) is 1.63. The zero-order valence-corrected chi connectivity index (χ0v) is 15.8. The number of hydrogen-bond donors (Lipinski definition) is 1. The Morgan fingerprint density at radius 3 is 2.77 bits per heavy atom. The molecular formula is C20H21N3O2S. The summed E-state index contributed by atoms with van der Waals surface area (Å²) in [6.07, 6.45) is 1.75. The van der Waals surface area contributed by atoms with Crippen LogP contribution in [0.5, 0.6) is 11.5 Å². The molecule has 3 aromatic rings. The van der Waals surface area contributed by atoms with E-state index in [1.807, 2.05) is 61.7 Å². The lowest BCUT2D eigenvalue weighted by molar-refractivity contribution is 0.281. The molecule has 1 heterocycles. The molecule has 2 aromatic carbocycles. The molecule has 5 nitrogen and oxygen atoms in total. The van der Waals surface area contributed by atoms with E-state index in [0.29, 0.717) is 18.1 Å². The van der Waals surface area contributed by atoms with Crippen LogP contribution in [0.15, 0.2) is 52.9 Å². The largest absolute Gasteiger partial charge is 0.493 e. The molecule has 0 amide bonds. The van der Waals surface area contributed by atoms with E-state index in [9.17, 15) is 0 Å². The maximum Gasteiger partial charge on any atom is 0.161 e. The number of aromatic nitrogens is 1. The summed E-state index contributed by atoms with van der Waals surface area (Å²) in [4.78, 5) is 4.40. The van der Waals surface area contributed by atoms with Crippen molar-refractivity contribution in [1.29, 1.82) is 0 Å². The number of anilines is 1. The zero-order valence-electron chi connectivity index (χ0n) is 15.0. The molecule has 0 saturated carbocycles. The highest BCUT2D eigenvalue weighted by atomic mass is 32.1. The van der Waals surface area contributed by atoms with Crippen LogP contribution in [0.25, 0.3) is 0 Å². The van der Waals surface area contributed by atoms with Gasteiger partial charge in [0.1, 0.15) is 6.61 Å². The van der Waals surface area contributed by atoms with Crippen LogP contribution in [0.1, 0.15) is 21.8 Å². The van der Waals surface area contributed by atoms with Gasteiger partial charge in [0.05, 0.1) is 29.7 Å². The van der Waals surface area contributed by atoms with E-state index in [1.165, 1.54) is 5.56 Å². The molecule has 26 heavy (non-hydrogen) atoms. The third-order valence-corrected chi connectivity index (χ3v) is 4.48. The first-order valence-corrected chi connectivity index (χ1v) is 9.09. The summed E-state index contributed by atoms with van der Waals surface area (Å²) < 4.78 is 11.3. The second-order valence-corrected chi connectivity index (χ2v) is 6.86. The quantitative estimate of drug-likeness (QED) is 0.482. The van der Waals surface area contributed by atoms with E-state index in [0.717, 1.165) is 22.0 Å². The first-order valence-electron chi connectivity index (χ1n) is 8.21. The molecule has 0 fully saturated rings. The molecule has 6 heteroatoms. The number of hydrazone groups is 1. The van der Waals surface area contributed by atoms with E-state index >= 15 is 0 Å². The van der Waals surface area contributed by atoms with Crippen molar-refractivity contribution in [2.45, 2.75) is 20.5 Å². The Labute approximate surface area is 157 Å². The van der Waals surface area contributed by atoms with Gasteiger partial charge in [0.15, 0.2) is 11.5 Å². The second-order valence-electron chi connectivity index (χ2n) is 5.80. The summed E-state index contributed by atoms with van der Waals surface area (Å²) in [5, 5.41) is 7.30. The van der Waals surface area contributed by atoms with Crippen LogP contribution in [-0.2, 0) is 6.61 Å². The molecule has 134 valence electrons. The Morgan fingerprint density at radius 2 is 2.04 bits per heavy atom. The number of hydrogen-bond acceptors (Lipinski definition) is 6. The van der Waals surface area contributed by atoms with E-state index in [1.54, 1.807) is 24.7 Å². The average molecular weight is 367 g/mol. The Balaban J connectivity index is 1.64. The topological polar surface area (TPSA) is 55.7 Å². The highest BCUT2D eigenvalue weighted by Crippen LogP contribution is 2.28. The number of nitrogens with zero attached hydrogens (tertiary/aromatic N) is 2. The molecule has 1 aromatic heterocycles. The van der Waals surface area contributed by atoms with Gasteiger partial charge in [-0.05, 0) is 55.3 Å². The standard InChI is InChI=1S/C20H21N3O2S/c1-14-5-4-6-17(9-14)23-21-11-16-7-8-19(20(10-16)24-3)25-12-18-13-26-15(2)22-18/h4-11,13,23H,12H2,1-3H3/b21-11-. The average Bonchev–Trinajstić information content (AvgIpc) is 3.06. The van der Waals surface area contributed by atoms with Crippen LogP contribution in [0.2, 0.25) is 0 Å². The van der Waals surface area contributed by atoms with Crippen LogP contribution in [-0.4, -0.2) is 18.3 Å². The molecule has 3 rings (SSSR count). The Morgan fingerprint density at radius 1 is 1.15 bits per heavy atom. The monoisotopic (exact) mass is 367 g/mol. The maximum absolute atomic E-state index is 5.83. The van der Waals surface area contributed by atoms with Crippen LogP contribution in [0.4, 0.5) is 5.69 Å². The van der Waals surface area contributed by atoms with E-state index in [4.69, 9.17) is 9.47 Å². The van der Waals surface area contributed by atoms with Gasteiger partial charge < -0.3 is 9.47 Å². The lowest BCUT2D eigenvalue weighted by Crippen LogP contribution is -1.99. The number of aryl methyl sites for hydroxylation is 2. The normalized spacial score (nSPS) is 10.9. The molecule has 0 unspecified atom stereocenters. The molecule has 1 N–H and O–H groups in total. The fourth-order valence-electron chi connectivity index (χ4n) is 2.41. The van der Waals surface area contributed by atoms with Crippen molar-refractivity contribution in [1.82, 2.24) is 4.98 Å². The summed E-state index contributed by atoms with van der Waals surface area (Å²) in [6, 6.07) is 13.8. The van der Waals surface area contributed by atoms with Gasteiger partial charge in [-0.25, -0.2) is 4.98 Å². The smallest absolute Gasteiger partial charge is 0.161 e. The molecule has 0 saturated heterocycles. The summed E-state index contributed by atoms with van der Waals surface area (Å²) in [5.74, 6) is 1.35. The van der Waals surface area contributed by atoms with E-state index < -0.39 is 0 Å². The van der Waals surface area contributed by atoms with Crippen molar-refractivity contribution >= 4 is 23.2 Å². The van der Waals surface area contributed by atoms with E-state index in [2.05, 4.69) is 15.5 Å². The van der Waals surface area contributed by atoms with Crippen molar-refractivity contribution < 1.29 is 9.47 Å². The fraction of sp³-hybridized carbons (Fsp3) is 0.200. The molecule has 0 aliphatic rings. The number of thiazole rings is 1. The minimum Gasteiger partial charge on any atom is -0.493 e. The molecular weight excluding hydrogens is 346 g/mol. The van der Waals surface area contributed by atoms with Gasteiger partial charge in [-0.1, -0.05) is 12.1 Å². The third-order valence-electron chi connectivity index (χ3n) is 3.66. The van der Waals surface area contributed by atoms with Gasteiger partial charge in [-0.15, -0.1) is 11.3 Å². The highest BCUT2D eigenvalue weighted by Gasteiger charge is 2.07. The van der Waals surface area contributed by atoms with Gasteiger partial charge in [-0.3, -0.25) is 5.43 Å². The van der Waals surface area contributed by atoms with Crippen molar-refractivity contribution in [2.24, 2.45) is 5.10 Å². The Bertz CT molecular complexity index is 906. The number of ether oxygens (including phenoxy) is 2. The molecule has 0 atom stereocenters. The van der Waals surface area contributed by atoms with Crippen molar-refractivity contribution in [3.05, 3.63) is 69.7 Å². The second kappa shape index (κ2) is 8.49. The van der Waals surface area contributed by atoms with Crippen LogP contribution in [0.3, 0.4) is 0 Å². The van der Waals surface area contributed by atoms with E-state index in [-0.39, 0.29) is 0 Å². The Kier molecular flexibility index (Phi) is 5.86. The molecule has 0 aliphatic carbocycles. The lowest BCUT2D eigenvalue weighted by Gasteiger charge is -2.10. The highest BCUT2D eigenvalue weighted by molar-refractivity contribution is 7.09. The molecule has 0 aliphatic heterocycles. The van der Waals surface area contributed by atoms with Gasteiger partial charge in [0.2, 0.25) is 0 Å². The first kappa shape index (κ1) is 17.9. The summed E-state index contributed by atoms with van der Waals surface area (Å²) in [6.45, 7) is 4.45. The minimum absolute atomic E-state index is 0.420. The van der Waals surface area contributed by atoms with Gasteiger partial charge >= 0.3 is 0 Å². The third kappa shape index (κ3) is 4.83. The van der Waals surface area contributed by atoms with Gasteiger partial charge in [0, 0.05) is 5.38 Å². The zero-order chi connectivity index (χ0) is 18.4. The van der Waals surface area contributed by atoms with Crippen molar-refractivity contribution in [3.63, 3.8) is 0 Å². The first-order chi connectivity index (χ1) is 12.6. The lowest BCUT2D eigenvalue weighted by atomic mass is 10.2. The van der Waals surface area contributed by atoms with Gasteiger partial charge in [0.25, 0.3) is 0 Å². The number of methoxy groups -OCH3 is 1. The minimum atomic E-state index is 0.420. The van der Waals surface area contributed by atoms with Crippen LogP contribution < -0.4 is 14.9 Å². The fourth-order valence-corrected chi connectivity index (χ4v) is 3.00. The SMILES string of the molecule is COc1cc(/C=N\Nc2cccc(C)c2)ccc1OCc1csc(C)n1. The Hall–Kier alpha value is -2.86. The summed E-state index contributed by atoms with van der Waals surface area (Å²) >= 11 is 1.61. The van der Waals surface area contributed by atoms with Crippen LogP contribution >= 0.6 is 11.3 Å².